The van der Waals surface area contributed by atoms with Crippen molar-refractivity contribution in [2.45, 2.75) is 6.04 Å². The average Bonchev–Trinajstić information content (AvgIpc) is 2.38. The normalized spacial score (nSPS) is 12.2. The minimum Gasteiger partial charge on any atom is -0.492 e. The molecule has 1 aromatic carbocycles. The maximum Gasteiger partial charge on any atom is 0.146 e. The third-order valence-electron chi connectivity index (χ3n) is 2.45. The quantitative estimate of drug-likeness (QED) is 0.926. The monoisotopic (exact) mass is 266 g/mol. The third kappa shape index (κ3) is 3.18. The van der Waals surface area contributed by atoms with E-state index in [-0.39, 0.29) is 6.61 Å². The molecule has 2 rings (SSSR count). The number of halogens is 2. The minimum atomic E-state index is -0.538. The Bertz CT molecular complexity index is 519. The minimum absolute atomic E-state index is 0.183. The molecule has 94 valence electrons. The Hall–Kier alpha value is -1.65. The summed E-state index contributed by atoms with van der Waals surface area (Å²) in [7, 11) is 0. The lowest BCUT2D eigenvalue weighted by atomic mass is 10.1. The van der Waals surface area contributed by atoms with Crippen LogP contribution in [0.3, 0.4) is 0 Å². The van der Waals surface area contributed by atoms with Gasteiger partial charge in [-0.05, 0) is 30.3 Å². The number of ether oxygens (including phenoxy) is 1. The van der Waals surface area contributed by atoms with Gasteiger partial charge in [-0.15, -0.1) is 0 Å². The van der Waals surface area contributed by atoms with E-state index in [1.54, 1.807) is 30.3 Å². The first kappa shape index (κ1) is 12.8. The summed E-state index contributed by atoms with van der Waals surface area (Å²) in [6.45, 7) is 0.183. The SMILES string of the molecule is NC(COc1ccc(Cl)cc1)c1ccncc1F. The molecule has 0 aliphatic carbocycles. The Morgan fingerprint density at radius 3 is 2.67 bits per heavy atom. The van der Waals surface area contributed by atoms with Gasteiger partial charge in [0.25, 0.3) is 0 Å². The van der Waals surface area contributed by atoms with Crippen LogP contribution in [0.25, 0.3) is 0 Å². The van der Waals surface area contributed by atoms with Crippen LogP contribution in [0.15, 0.2) is 42.7 Å². The molecule has 2 N–H and O–H groups in total. The van der Waals surface area contributed by atoms with Crippen LogP contribution in [0.5, 0.6) is 5.75 Å². The van der Waals surface area contributed by atoms with E-state index < -0.39 is 11.9 Å². The van der Waals surface area contributed by atoms with Crippen molar-refractivity contribution in [2.75, 3.05) is 6.61 Å². The molecular formula is C13H12ClFN2O. The van der Waals surface area contributed by atoms with Crippen molar-refractivity contribution in [1.82, 2.24) is 4.98 Å². The molecule has 1 unspecified atom stereocenters. The molecule has 0 fully saturated rings. The standard InChI is InChI=1S/C13H12ClFN2O/c14-9-1-3-10(4-2-9)18-8-13(16)11-5-6-17-7-12(11)15/h1-7,13H,8,16H2. The molecule has 0 radical (unpaired) electrons. The number of nitrogens with zero attached hydrogens (tertiary/aromatic N) is 1. The van der Waals surface area contributed by atoms with Gasteiger partial charge in [-0.25, -0.2) is 4.39 Å². The second-order valence-electron chi connectivity index (χ2n) is 3.77. The van der Waals surface area contributed by atoms with Crippen molar-refractivity contribution in [3.63, 3.8) is 0 Å². The van der Waals surface area contributed by atoms with Gasteiger partial charge in [0, 0.05) is 16.8 Å². The lowest BCUT2D eigenvalue weighted by Crippen LogP contribution is -2.20. The van der Waals surface area contributed by atoms with Crippen molar-refractivity contribution in [3.8, 4) is 5.75 Å². The van der Waals surface area contributed by atoms with Gasteiger partial charge in [0.15, 0.2) is 0 Å². The van der Waals surface area contributed by atoms with Crippen molar-refractivity contribution < 1.29 is 9.13 Å². The number of aromatic nitrogens is 1. The fourth-order valence-electron chi connectivity index (χ4n) is 1.49. The summed E-state index contributed by atoms with van der Waals surface area (Å²) in [6.07, 6.45) is 2.64. The molecule has 1 heterocycles. The zero-order valence-electron chi connectivity index (χ0n) is 9.51. The molecular weight excluding hydrogens is 255 g/mol. The van der Waals surface area contributed by atoms with Crippen molar-refractivity contribution in [2.24, 2.45) is 5.73 Å². The number of nitrogens with two attached hydrogens (primary N) is 1. The summed E-state index contributed by atoms with van der Waals surface area (Å²) in [5, 5.41) is 0.631. The van der Waals surface area contributed by atoms with Crippen LogP contribution in [0.1, 0.15) is 11.6 Å². The van der Waals surface area contributed by atoms with Gasteiger partial charge in [-0.3, -0.25) is 4.98 Å². The van der Waals surface area contributed by atoms with Gasteiger partial charge in [-0.1, -0.05) is 11.6 Å². The van der Waals surface area contributed by atoms with Gasteiger partial charge < -0.3 is 10.5 Å². The Kier molecular flexibility index (Phi) is 4.12. The maximum absolute atomic E-state index is 13.4. The number of rotatable bonds is 4. The molecule has 0 spiro atoms. The van der Waals surface area contributed by atoms with Crippen LogP contribution in [-0.4, -0.2) is 11.6 Å². The van der Waals surface area contributed by atoms with E-state index in [4.69, 9.17) is 22.1 Å². The lowest BCUT2D eigenvalue weighted by Gasteiger charge is -2.14. The largest absolute Gasteiger partial charge is 0.492 e. The summed E-state index contributed by atoms with van der Waals surface area (Å²) < 4.78 is 18.9. The van der Waals surface area contributed by atoms with Crippen LogP contribution < -0.4 is 10.5 Å². The topological polar surface area (TPSA) is 48.1 Å². The van der Waals surface area contributed by atoms with E-state index in [0.29, 0.717) is 16.3 Å². The molecule has 0 bridgehead atoms. The molecule has 0 saturated carbocycles. The fraction of sp³-hybridized carbons (Fsp3) is 0.154. The van der Waals surface area contributed by atoms with Crippen LogP contribution in [0.4, 0.5) is 4.39 Å². The zero-order chi connectivity index (χ0) is 13.0. The van der Waals surface area contributed by atoms with Crippen LogP contribution >= 0.6 is 11.6 Å². The van der Waals surface area contributed by atoms with Gasteiger partial charge in [0.1, 0.15) is 18.2 Å². The molecule has 0 saturated heterocycles. The number of hydrogen-bond donors (Lipinski definition) is 1. The van der Waals surface area contributed by atoms with E-state index in [0.717, 1.165) is 6.20 Å². The van der Waals surface area contributed by atoms with E-state index in [1.165, 1.54) is 6.20 Å². The second-order valence-corrected chi connectivity index (χ2v) is 4.21. The Morgan fingerprint density at radius 2 is 2.00 bits per heavy atom. The highest BCUT2D eigenvalue weighted by atomic mass is 35.5. The van der Waals surface area contributed by atoms with Gasteiger partial charge >= 0.3 is 0 Å². The molecule has 1 aromatic heterocycles. The molecule has 1 atom stereocenters. The van der Waals surface area contributed by atoms with Crippen molar-refractivity contribution >= 4 is 11.6 Å². The number of pyridine rings is 1. The first-order valence-electron chi connectivity index (χ1n) is 5.40. The molecule has 18 heavy (non-hydrogen) atoms. The Balaban J connectivity index is 1.98. The lowest BCUT2D eigenvalue weighted by molar-refractivity contribution is 0.287. The maximum atomic E-state index is 13.4. The highest BCUT2D eigenvalue weighted by Gasteiger charge is 2.11. The molecule has 0 amide bonds. The Morgan fingerprint density at radius 1 is 1.28 bits per heavy atom. The van der Waals surface area contributed by atoms with E-state index in [9.17, 15) is 4.39 Å². The first-order chi connectivity index (χ1) is 8.66. The molecule has 0 aliphatic rings. The number of benzene rings is 1. The summed E-state index contributed by atoms with van der Waals surface area (Å²) >= 11 is 5.75. The Labute approximate surface area is 109 Å². The first-order valence-corrected chi connectivity index (χ1v) is 5.78. The summed E-state index contributed by atoms with van der Waals surface area (Å²) in [6, 6.07) is 7.91. The van der Waals surface area contributed by atoms with Crippen molar-refractivity contribution in [3.05, 3.63) is 59.1 Å². The summed E-state index contributed by atoms with van der Waals surface area (Å²) in [4.78, 5) is 3.67. The highest BCUT2D eigenvalue weighted by Crippen LogP contribution is 2.18. The smallest absolute Gasteiger partial charge is 0.146 e. The van der Waals surface area contributed by atoms with Crippen LogP contribution in [0, 0.1) is 5.82 Å². The predicted octanol–water partition coefficient (Wildman–Crippen LogP) is 2.95. The molecule has 3 nitrogen and oxygen atoms in total. The molecule has 2 aromatic rings. The predicted molar refractivity (Wildman–Crippen MR) is 68.1 cm³/mol. The van der Waals surface area contributed by atoms with Crippen LogP contribution in [-0.2, 0) is 0 Å². The molecule has 0 aliphatic heterocycles. The second kappa shape index (κ2) is 5.80. The number of hydrogen-bond acceptors (Lipinski definition) is 3. The van der Waals surface area contributed by atoms with Crippen molar-refractivity contribution in [1.29, 1.82) is 0 Å². The van der Waals surface area contributed by atoms with E-state index in [2.05, 4.69) is 4.98 Å². The fourth-order valence-corrected chi connectivity index (χ4v) is 1.62. The van der Waals surface area contributed by atoms with Gasteiger partial charge in [-0.2, -0.15) is 0 Å². The zero-order valence-corrected chi connectivity index (χ0v) is 10.3. The third-order valence-corrected chi connectivity index (χ3v) is 2.70. The average molecular weight is 267 g/mol. The van der Waals surface area contributed by atoms with Gasteiger partial charge in [0.2, 0.25) is 0 Å². The van der Waals surface area contributed by atoms with Gasteiger partial charge in [0.05, 0.1) is 12.2 Å². The summed E-state index contributed by atoms with van der Waals surface area (Å²) in [5.74, 6) is 0.217. The molecule has 5 heteroatoms. The van der Waals surface area contributed by atoms with Crippen LogP contribution in [0.2, 0.25) is 5.02 Å². The highest BCUT2D eigenvalue weighted by molar-refractivity contribution is 6.30. The summed E-state index contributed by atoms with van der Waals surface area (Å²) in [5.41, 5.74) is 6.24. The van der Waals surface area contributed by atoms with E-state index in [1.807, 2.05) is 0 Å². The van der Waals surface area contributed by atoms with E-state index >= 15 is 0 Å².